The van der Waals surface area contributed by atoms with Gasteiger partial charge in [0.15, 0.2) is 0 Å². The van der Waals surface area contributed by atoms with Crippen molar-refractivity contribution in [2.24, 2.45) is 11.7 Å². The van der Waals surface area contributed by atoms with Crippen LogP contribution in [0.4, 0.5) is 5.69 Å². The average Bonchev–Trinajstić information content (AvgIpc) is 3.14. The number of carbonyl (C=O) groups is 3. The van der Waals surface area contributed by atoms with Crippen LogP contribution >= 0.6 is 0 Å². The molecule has 0 spiro atoms. The number of carbonyl (C=O) groups excluding carboxylic acids is 3. The largest absolute Gasteiger partial charge is 0.399 e. The van der Waals surface area contributed by atoms with Crippen molar-refractivity contribution >= 4 is 23.4 Å². The molecule has 7 heteroatoms. The number of amides is 3. The van der Waals surface area contributed by atoms with Gasteiger partial charge in [0, 0.05) is 11.6 Å². The Kier molecular flexibility index (Phi) is 6.76. The zero-order valence-electron chi connectivity index (χ0n) is 15.6. The van der Waals surface area contributed by atoms with Crippen molar-refractivity contribution in [1.82, 2.24) is 10.6 Å². The third kappa shape index (κ3) is 5.20. The van der Waals surface area contributed by atoms with Crippen LogP contribution in [0.25, 0.3) is 0 Å². The minimum Gasteiger partial charge on any atom is -0.399 e. The van der Waals surface area contributed by atoms with E-state index in [1.54, 1.807) is 13.8 Å². The lowest BCUT2D eigenvalue weighted by molar-refractivity contribution is -0.126. The monoisotopic (exact) mass is 370 g/mol. The van der Waals surface area contributed by atoms with Crippen LogP contribution in [-0.2, 0) is 14.4 Å². The van der Waals surface area contributed by atoms with Crippen LogP contribution in [0.2, 0.25) is 0 Å². The van der Waals surface area contributed by atoms with Crippen molar-refractivity contribution in [3.8, 4) is 0 Å². The third-order valence-electron chi connectivity index (χ3n) is 4.80. The van der Waals surface area contributed by atoms with Crippen molar-refractivity contribution < 1.29 is 14.4 Å². The predicted octanol–water partition coefficient (Wildman–Crippen LogP) is 1.68. The number of anilines is 1. The molecule has 0 radical (unpaired) electrons. The molecule has 6 N–H and O–H groups in total. The van der Waals surface area contributed by atoms with E-state index in [1.165, 1.54) is 17.7 Å². The second-order valence-electron chi connectivity index (χ2n) is 6.59. The van der Waals surface area contributed by atoms with E-state index in [-0.39, 0.29) is 23.2 Å². The normalized spacial score (nSPS) is 20.2. The summed E-state index contributed by atoms with van der Waals surface area (Å²) in [6.45, 7) is 3.23. The first-order chi connectivity index (χ1) is 12.8. The number of nitrogen functional groups attached to an aromatic ring is 1. The quantitative estimate of drug-likeness (QED) is 0.449. The topological polar surface area (TPSA) is 127 Å². The Morgan fingerprint density at radius 3 is 2.19 bits per heavy atom. The molecule has 1 fully saturated rings. The van der Waals surface area contributed by atoms with Crippen LogP contribution in [0.15, 0.2) is 47.8 Å². The highest BCUT2D eigenvalue weighted by atomic mass is 16.2. The highest BCUT2D eigenvalue weighted by molar-refractivity contribution is 6.03. The van der Waals surface area contributed by atoms with Crippen molar-refractivity contribution in [1.29, 1.82) is 0 Å². The van der Waals surface area contributed by atoms with Gasteiger partial charge in [-0.15, -0.1) is 0 Å². The van der Waals surface area contributed by atoms with Gasteiger partial charge < -0.3 is 22.1 Å². The number of allylic oxidation sites excluding steroid dienone is 2. The van der Waals surface area contributed by atoms with E-state index in [0.717, 1.165) is 19.3 Å². The molecule has 2 unspecified atom stereocenters. The molecule has 0 saturated heterocycles. The van der Waals surface area contributed by atoms with E-state index < -0.39 is 11.8 Å². The molecule has 1 aromatic carbocycles. The first-order valence-electron chi connectivity index (χ1n) is 8.95. The maximum atomic E-state index is 12.6. The molecule has 1 aromatic rings. The van der Waals surface area contributed by atoms with Crippen molar-refractivity contribution in [2.45, 2.75) is 39.0 Å². The molecule has 7 nitrogen and oxygen atoms in total. The van der Waals surface area contributed by atoms with Gasteiger partial charge in [0.1, 0.15) is 11.4 Å². The molecular formula is C20H26N4O3. The molecule has 2 atom stereocenters. The number of primary amides is 1. The van der Waals surface area contributed by atoms with Crippen LogP contribution < -0.4 is 22.1 Å². The first-order valence-corrected chi connectivity index (χ1v) is 8.95. The van der Waals surface area contributed by atoms with Gasteiger partial charge in [0.25, 0.3) is 11.8 Å². The van der Waals surface area contributed by atoms with Gasteiger partial charge >= 0.3 is 0 Å². The van der Waals surface area contributed by atoms with E-state index in [9.17, 15) is 14.4 Å². The van der Waals surface area contributed by atoms with Gasteiger partial charge in [-0.25, -0.2) is 0 Å². The van der Waals surface area contributed by atoms with E-state index in [0.29, 0.717) is 11.6 Å². The zero-order chi connectivity index (χ0) is 20.0. The van der Waals surface area contributed by atoms with Gasteiger partial charge in [0.2, 0.25) is 5.91 Å². The van der Waals surface area contributed by atoms with Crippen molar-refractivity contribution in [3.05, 3.63) is 53.4 Å². The molecule has 0 heterocycles. The molecule has 0 aromatic heterocycles. The number of benzene rings is 1. The first kappa shape index (κ1) is 20.2. The number of nitrogens with two attached hydrogens (primary N) is 2. The summed E-state index contributed by atoms with van der Waals surface area (Å²) in [5.41, 5.74) is 12.9. The maximum absolute atomic E-state index is 12.6. The fraction of sp³-hybridized carbons (Fsp3) is 0.350. The Labute approximate surface area is 158 Å². The fourth-order valence-corrected chi connectivity index (χ4v) is 3.25. The van der Waals surface area contributed by atoms with Crippen molar-refractivity contribution in [3.63, 3.8) is 0 Å². The van der Waals surface area contributed by atoms with Crippen LogP contribution in [0.3, 0.4) is 0 Å². The SMILES string of the molecule is C/C=C(\NC(=O)C1CCC(c2ccc(N)cc2)C1)C(=O)N/C(=C/C)C(N)=O. The summed E-state index contributed by atoms with van der Waals surface area (Å²) < 4.78 is 0. The smallest absolute Gasteiger partial charge is 0.271 e. The lowest BCUT2D eigenvalue weighted by Crippen LogP contribution is -2.39. The molecule has 1 saturated carbocycles. The molecule has 2 rings (SSSR count). The minimum absolute atomic E-state index is 0.0159. The summed E-state index contributed by atoms with van der Waals surface area (Å²) in [7, 11) is 0. The number of hydrogen-bond acceptors (Lipinski definition) is 4. The molecule has 0 aliphatic heterocycles. The molecule has 3 amide bonds. The average molecular weight is 370 g/mol. The van der Waals surface area contributed by atoms with E-state index in [2.05, 4.69) is 10.6 Å². The maximum Gasteiger partial charge on any atom is 0.271 e. The second kappa shape index (κ2) is 9.02. The zero-order valence-corrected chi connectivity index (χ0v) is 15.6. The highest BCUT2D eigenvalue weighted by Gasteiger charge is 2.31. The summed E-state index contributed by atoms with van der Waals surface area (Å²) >= 11 is 0. The highest BCUT2D eigenvalue weighted by Crippen LogP contribution is 2.38. The second-order valence-corrected chi connectivity index (χ2v) is 6.59. The van der Waals surface area contributed by atoms with Gasteiger partial charge in [-0.2, -0.15) is 0 Å². The van der Waals surface area contributed by atoms with Crippen molar-refractivity contribution in [2.75, 3.05) is 5.73 Å². The lowest BCUT2D eigenvalue weighted by atomic mass is 9.96. The minimum atomic E-state index is -0.741. The van der Waals surface area contributed by atoms with Crippen LogP contribution in [-0.4, -0.2) is 17.7 Å². The van der Waals surface area contributed by atoms with Gasteiger partial charge in [0.05, 0.1) is 0 Å². The molecule has 0 bridgehead atoms. The van der Waals surface area contributed by atoms with Gasteiger partial charge in [-0.3, -0.25) is 14.4 Å². The van der Waals surface area contributed by atoms with E-state index in [1.807, 2.05) is 24.3 Å². The molecule has 144 valence electrons. The van der Waals surface area contributed by atoms with Crippen LogP contribution in [0.1, 0.15) is 44.6 Å². The molecule has 27 heavy (non-hydrogen) atoms. The standard InChI is InChI=1S/C20H26N4O3/c1-3-16(18(22)25)23-20(27)17(4-2)24-19(26)14-6-5-13(11-14)12-7-9-15(21)10-8-12/h3-4,7-10,13-14H,5-6,11,21H2,1-2H3,(H2,22,25)(H,23,27)(H,24,26)/b16-3+,17-4-. The lowest BCUT2D eigenvalue weighted by Gasteiger charge is -2.15. The predicted molar refractivity (Wildman–Crippen MR) is 104 cm³/mol. The Bertz CT molecular complexity index is 781. The summed E-state index contributed by atoms with van der Waals surface area (Å²) in [5.74, 6) is -1.39. The van der Waals surface area contributed by atoms with Crippen LogP contribution in [0.5, 0.6) is 0 Å². The van der Waals surface area contributed by atoms with Gasteiger partial charge in [-0.1, -0.05) is 24.3 Å². The van der Waals surface area contributed by atoms with Crippen LogP contribution in [0, 0.1) is 5.92 Å². The Hall–Kier alpha value is -3.09. The number of rotatable bonds is 6. The summed E-state index contributed by atoms with van der Waals surface area (Å²) in [6, 6.07) is 7.71. The summed E-state index contributed by atoms with van der Waals surface area (Å²) in [5, 5.41) is 5.07. The summed E-state index contributed by atoms with van der Waals surface area (Å²) in [4.78, 5) is 36.1. The summed E-state index contributed by atoms with van der Waals surface area (Å²) in [6.07, 6.45) is 5.28. The number of nitrogens with one attached hydrogen (secondary N) is 2. The molecule has 1 aliphatic rings. The molecule has 1 aliphatic carbocycles. The molecular weight excluding hydrogens is 344 g/mol. The number of hydrogen-bond donors (Lipinski definition) is 4. The Morgan fingerprint density at radius 1 is 1.00 bits per heavy atom. The Balaban J connectivity index is 1.96. The Morgan fingerprint density at radius 2 is 1.63 bits per heavy atom. The van der Waals surface area contributed by atoms with Gasteiger partial charge in [-0.05, 0) is 56.7 Å². The van der Waals surface area contributed by atoms with E-state index in [4.69, 9.17) is 11.5 Å². The third-order valence-corrected chi connectivity index (χ3v) is 4.80. The van der Waals surface area contributed by atoms with E-state index >= 15 is 0 Å². The fourth-order valence-electron chi connectivity index (χ4n) is 3.25.